The number of amidine groups is 1. The molecule has 3 aromatic carbocycles. The number of amides is 2. The first-order valence-electron chi connectivity index (χ1n) is 10.1. The highest BCUT2D eigenvalue weighted by Gasteiger charge is 2.24. The number of nitrogens with zero attached hydrogens (tertiary/aromatic N) is 1. The van der Waals surface area contributed by atoms with Gasteiger partial charge in [0, 0.05) is 10.7 Å². The van der Waals surface area contributed by atoms with Gasteiger partial charge in [-0.15, -0.1) is 0 Å². The molecule has 2 N–H and O–H groups in total. The summed E-state index contributed by atoms with van der Waals surface area (Å²) in [7, 11) is 0. The number of carbonyl (C=O) groups is 2. The molecule has 0 radical (unpaired) electrons. The Hall–Kier alpha value is -3.55. The van der Waals surface area contributed by atoms with Crippen LogP contribution < -0.4 is 15.4 Å². The summed E-state index contributed by atoms with van der Waals surface area (Å²) in [5.74, 6) is 0.104. The molecule has 1 fully saturated rings. The summed E-state index contributed by atoms with van der Waals surface area (Å²) in [6, 6.07) is 21.8. The van der Waals surface area contributed by atoms with E-state index in [2.05, 4.69) is 15.6 Å². The maximum absolute atomic E-state index is 12.3. The molecule has 0 bridgehead atoms. The monoisotopic (exact) mass is 477 g/mol. The number of nitrogens with one attached hydrogen (secondary N) is 2. The number of para-hydroxylation sites is 1. The first kappa shape index (κ1) is 22.6. The Morgan fingerprint density at radius 2 is 1.88 bits per heavy atom. The summed E-state index contributed by atoms with van der Waals surface area (Å²) in [5.41, 5.74) is 3.22. The molecule has 0 spiro atoms. The summed E-state index contributed by atoms with van der Waals surface area (Å²) in [6.07, 6.45) is 1.78. The van der Waals surface area contributed by atoms with Gasteiger partial charge < -0.3 is 15.4 Å². The number of hydrogen-bond acceptors (Lipinski definition) is 5. The lowest BCUT2D eigenvalue weighted by Crippen LogP contribution is -2.20. The van der Waals surface area contributed by atoms with Crippen LogP contribution in [0.4, 0.5) is 11.4 Å². The zero-order valence-corrected chi connectivity index (χ0v) is 19.2. The van der Waals surface area contributed by atoms with Crippen molar-refractivity contribution in [3.8, 4) is 5.75 Å². The molecular formula is C25H20ClN3O3S. The molecule has 1 saturated heterocycles. The standard InChI is InChI=1S/C25H20ClN3O3S/c1-16-7-10-18(26)14-21(16)28-25-29-24(31)22(33-25)13-17-8-11-20(12-9-17)32-15-23(30)27-19-5-3-2-4-6-19/h2-14H,15H2,1H3,(H,27,30)(H,28,29,31)/b22-13-. The van der Waals surface area contributed by atoms with Gasteiger partial charge >= 0.3 is 0 Å². The number of hydrogen-bond donors (Lipinski definition) is 2. The molecule has 1 aliphatic heterocycles. The van der Waals surface area contributed by atoms with Crippen molar-refractivity contribution >= 4 is 57.8 Å². The second-order valence-electron chi connectivity index (χ2n) is 7.18. The van der Waals surface area contributed by atoms with E-state index in [4.69, 9.17) is 16.3 Å². The predicted molar refractivity (Wildman–Crippen MR) is 134 cm³/mol. The lowest BCUT2D eigenvalue weighted by molar-refractivity contribution is -0.118. The van der Waals surface area contributed by atoms with Crippen LogP contribution in [0.1, 0.15) is 11.1 Å². The van der Waals surface area contributed by atoms with Crippen molar-refractivity contribution < 1.29 is 14.3 Å². The number of aryl methyl sites for hydroxylation is 1. The number of carbonyl (C=O) groups excluding carboxylic acids is 2. The third-order valence-electron chi connectivity index (χ3n) is 4.65. The second-order valence-corrected chi connectivity index (χ2v) is 8.65. The van der Waals surface area contributed by atoms with Crippen LogP contribution >= 0.6 is 23.4 Å². The van der Waals surface area contributed by atoms with Gasteiger partial charge in [0.1, 0.15) is 5.75 Å². The van der Waals surface area contributed by atoms with Crippen LogP contribution in [0.25, 0.3) is 6.08 Å². The van der Waals surface area contributed by atoms with E-state index in [1.807, 2.05) is 55.5 Å². The van der Waals surface area contributed by atoms with Crippen LogP contribution in [0.2, 0.25) is 5.02 Å². The highest BCUT2D eigenvalue weighted by Crippen LogP contribution is 2.30. The third-order valence-corrected chi connectivity index (χ3v) is 5.79. The fourth-order valence-corrected chi connectivity index (χ4v) is 3.97. The molecule has 0 unspecified atom stereocenters. The fourth-order valence-electron chi connectivity index (χ4n) is 2.97. The highest BCUT2D eigenvalue weighted by atomic mass is 35.5. The van der Waals surface area contributed by atoms with Crippen molar-refractivity contribution in [1.29, 1.82) is 0 Å². The van der Waals surface area contributed by atoms with Crippen LogP contribution in [-0.2, 0) is 9.59 Å². The van der Waals surface area contributed by atoms with Crippen LogP contribution in [0.15, 0.2) is 82.7 Å². The van der Waals surface area contributed by atoms with Gasteiger partial charge in [-0.3, -0.25) is 9.59 Å². The van der Waals surface area contributed by atoms with E-state index in [1.165, 1.54) is 11.8 Å². The van der Waals surface area contributed by atoms with Crippen molar-refractivity contribution in [2.45, 2.75) is 6.92 Å². The average Bonchev–Trinajstić information content (AvgIpc) is 3.15. The lowest BCUT2D eigenvalue weighted by Gasteiger charge is -2.07. The van der Waals surface area contributed by atoms with Crippen molar-refractivity contribution in [2.24, 2.45) is 4.99 Å². The fraction of sp³-hybridized carbons (Fsp3) is 0.0800. The number of anilines is 1. The molecule has 1 aliphatic rings. The van der Waals surface area contributed by atoms with E-state index in [0.717, 1.165) is 11.1 Å². The predicted octanol–water partition coefficient (Wildman–Crippen LogP) is 5.56. The molecular weight excluding hydrogens is 458 g/mol. The van der Waals surface area contributed by atoms with E-state index >= 15 is 0 Å². The van der Waals surface area contributed by atoms with Gasteiger partial charge in [-0.05, 0) is 72.3 Å². The van der Waals surface area contributed by atoms with Gasteiger partial charge in [0.25, 0.3) is 11.8 Å². The molecule has 8 heteroatoms. The van der Waals surface area contributed by atoms with Crippen LogP contribution in [0, 0.1) is 6.92 Å². The first-order valence-corrected chi connectivity index (χ1v) is 11.3. The Labute approximate surface area is 200 Å². The van der Waals surface area contributed by atoms with Gasteiger partial charge in [-0.1, -0.05) is 48.0 Å². The van der Waals surface area contributed by atoms with Gasteiger partial charge in [0.15, 0.2) is 11.8 Å². The summed E-state index contributed by atoms with van der Waals surface area (Å²) >= 11 is 7.31. The van der Waals surface area contributed by atoms with Gasteiger partial charge in [-0.2, -0.15) is 0 Å². The molecule has 166 valence electrons. The summed E-state index contributed by atoms with van der Waals surface area (Å²) in [6.45, 7) is 1.83. The number of aliphatic imine (C=N–C) groups is 1. The van der Waals surface area contributed by atoms with E-state index in [-0.39, 0.29) is 18.4 Å². The Bertz CT molecular complexity index is 1240. The molecule has 0 atom stereocenters. The minimum absolute atomic E-state index is 0.101. The smallest absolute Gasteiger partial charge is 0.264 e. The molecule has 33 heavy (non-hydrogen) atoms. The molecule has 4 rings (SSSR count). The zero-order valence-electron chi connectivity index (χ0n) is 17.7. The summed E-state index contributed by atoms with van der Waals surface area (Å²) in [5, 5.41) is 6.63. The van der Waals surface area contributed by atoms with Crippen molar-refractivity contribution in [1.82, 2.24) is 5.32 Å². The minimum atomic E-state index is -0.242. The van der Waals surface area contributed by atoms with E-state index in [0.29, 0.717) is 32.2 Å². The van der Waals surface area contributed by atoms with Gasteiger partial charge in [0.2, 0.25) is 0 Å². The molecule has 0 saturated carbocycles. The van der Waals surface area contributed by atoms with E-state index < -0.39 is 0 Å². The molecule has 3 aromatic rings. The quantitative estimate of drug-likeness (QED) is 0.456. The summed E-state index contributed by atoms with van der Waals surface area (Å²) in [4.78, 5) is 29.4. The zero-order chi connectivity index (χ0) is 23.2. The Balaban J connectivity index is 1.36. The maximum atomic E-state index is 12.3. The summed E-state index contributed by atoms with van der Waals surface area (Å²) < 4.78 is 5.54. The van der Waals surface area contributed by atoms with Gasteiger partial charge in [-0.25, -0.2) is 4.99 Å². The van der Waals surface area contributed by atoms with Crippen LogP contribution in [0.3, 0.4) is 0 Å². The number of benzene rings is 3. The van der Waals surface area contributed by atoms with Gasteiger partial charge in [0.05, 0.1) is 10.6 Å². The molecule has 1 heterocycles. The number of rotatable bonds is 6. The minimum Gasteiger partial charge on any atom is -0.484 e. The normalized spacial score (nSPS) is 15.5. The maximum Gasteiger partial charge on any atom is 0.264 e. The van der Waals surface area contributed by atoms with Crippen molar-refractivity contribution in [3.05, 3.63) is 93.9 Å². The number of halogens is 1. The van der Waals surface area contributed by atoms with Crippen molar-refractivity contribution in [2.75, 3.05) is 11.9 Å². The molecule has 0 aliphatic carbocycles. The Kier molecular flexibility index (Phi) is 7.12. The topological polar surface area (TPSA) is 79.8 Å². The SMILES string of the molecule is Cc1ccc(Cl)cc1N=C1NC(=O)/C(=C/c2ccc(OCC(=O)Nc3ccccc3)cc2)S1. The number of ether oxygens (including phenoxy) is 1. The van der Waals surface area contributed by atoms with Crippen LogP contribution in [-0.4, -0.2) is 23.6 Å². The molecule has 6 nitrogen and oxygen atoms in total. The highest BCUT2D eigenvalue weighted by molar-refractivity contribution is 8.18. The van der Waals surface area contributed by atoms with Crippen LogP contribution in [0.5, 0.6) is 5.75 Å². The average molecular weight is 478 g/mol. The van der Waals surface area contributed by atoms with Crippen molar-refractivity contribution in [3.63, 3.8) is 0 Å². The Morgan fingerprint density at radius 3 is 2.64 bits per heavy atom. The van der Waals surface area contributed by atoms with E-state index in [1.54, 1.807) is 30.3 Å². The molecule has 2 amide bonds. The third kappa shape index (κ3) is 6.25. The first-order chi connectivity index (χ1) is 16.0. The Morgan fingerprint density at radius 1 is 1.12 bits per heavy atom. The second kappa shape index (κ2) is 10.4. The molecule has 0 aromatic heterocycles. The lowest BCUT2D eigenvalue weighted by atomic mass is 10.2. The van der Waals surface area contributed by atoms with E-state index in [9.17, 15) is 9.59 Å². The number of thioether (sulfide) groups is 1. The largest absolute Gasteiger partial charge is 0.484 e.